The summed E-state index contributed by atoms with van der Waals surface area (Å²) < 4.78 is 0. The highest BCUT2D eigenvalue weighted by Gasteiger charge is 2.14. The number of rotatable bonds is 0. The van der Waals surface area contributed by atoms with Crippen LogP contribution in [0.4, 0.5) is 0 Å². The van der Waals surface area contributed by atoms with Crippen LogP contribution in [0.1, 0.15) is 25.7 Å². The Balaban J connectivity index is 2.19. The van der Waals surface area contributed by atoms with E-state index in [1.54, 1.807) is 5.01 Å². The lowest BCUT2D eigenvalue weighted by Gasteiger charge is -2.25. The molecule has 0 unspecified atom stereocenters. The highest BCUT2D eigenvalue weighted by molar-refractivity contribution is 5.34. The zero-order valence-electron chi connectivity index (χ0n) is 6.71. The third-order valence-corrected chi connectivity index (χ3v) is 2.42. The van der Waals surface area contributed by atoms with Crippen LogP contribution in [0.15, 0.2) is 23.4 Å². The first-order valence-corrected chi connectivity index (χ1v) is 4.28. The fourth-order valence-electron chi connectivity index (χ4n) is 1.80. The molecule has 2 nitrogen and oxygen atoms in total. The lowest BCUT2D eigenvalue weighted by atomic mass is 9.89. The SMILES string of the molecule is NN1C=C2CCCCC2=CC1. The molecular weight excluding hydrogens is 136 g/mol. The summed E-state index contributed by atoms with van der Waals surface area (Å²) in [7, 11) is 0. The average molecular weight is 150 g/mol. The quantitative estimate of drug-likeness (QED) is 0.531. The van der Waals surface area contributed by atoms with E-state index in [0.717, 1.165) is 6.54 Å². The monoisotopic (exact) mass is 150 g/mol. The third-order valence-electron chi connectivity index (χ3n) is 2.42. The minimum atomic E-state index is 0.888. The van der Waals surface area contributed by atoms with Gasteiger partial charge in [-0.2, -0.15) is 0 Å². The summed E-state index contributed by atoms with van der Waals surface area (Å²) in [6.45, 7) is 0.888. The first-order chi connectivity index (χ1) is 5.36. The maximum Gasteiger partial charge on any atom is 0.0522 e. The van der Waals surface area contributed by atoms with Gasteiger partial charge in [-0.1, -0.05) is 6.08 Å². The van der Waals surface area contributed by atoms with Crippen molar-refractivity contribution in [1.82, 2.24) is 5.01 Å². The van der Waals surface area contributed by atoms with Crippen LogP contribution < -0.4 is 5.84 Å². The van der Waals surface area contributed by atoms with Gasteiger partial charge in [-0.3, -0.25) is 0 Å². The molecule has 0 aromatic carbocycles. The topological polar surface area (TPSA) is 29.3 Å². The Kier molecular flexibility index (Phi) is 1.70. The van der Waals surface area contributed by atoms with Crippen molar-refractivity contribution in [2.24, 2.45) is 5.84 Å². The summed E-state index contributed by atoms with van der Waals surface area (Å²) in [5.41, 5.74) is 3.00. The second-order valence-corrected chi connectivity index (χ2v) is 3.29. The van der Waals surface area contributed by atoms with Gasteiger partial charge in [0, 0.05) is 6.20 Å². The molecule has 0 amide bonds. The zero-order valence-corrected chi connectivity index (χ0v) is 6.71. The molecule has 11 heavy (non-hydrogen) atoms. The smallest absolute Gasteiger partial charge is 0.0522 e. The molecule has 0 saturated heterocycles. The van der Waals surface area contributed by atoms with Gasteiger partial charge in [0.05, 0.1) is 6.54 Å². The highest BCUT2D eigenvalue weighted by atomic mass is 15.4. The molecule has 0 radical (unpaired) electrons. The molecule has 1 aliphatic heterocycles. The standard InChI is InChI=1S/C9H14N2/c10-11-6-5-8-3-1-2-4-9(8)7-11/h5,7H,1-4,6,10H2. The molecule has 0 atom stereocenters. The van der Waals surface area contributed by atoms with Gasteiger partial charge in [-0.05, 0) is 36.8 Å². The van der Waals surface area contributed by atoms with Gasteiger partial charge in [0.15, 0.2) is 0 Å². The van der Waals surface area contributed by atoms with Crippen molar-refractivity contribution in [2.75, 3.05) is 6.54 Å². The van der Waals surface area contributed by atoms with Crippen LogP contribution in [0, 0.1) is 0 Å². The first-order valence-electron chi connectivity index (χ1n) is 4.28. The summed E-state index contributed by atoms with van der Waals surface area (Å²) in [6.07, 6.45) is 9.52. The number of fused-ring (bicyclic) bond motifs is 1. The normalized spacial score (nSPS) is 23.9. The molecule has 0 spiro atoms. The minimum absolute atomic E-state index is 0.888. The molecule has 2 N–H and O–H groups in total. The van der Waals surface area contributed by atoms with E-state index in [0.29, 0.717) is 0 Å². The van der Waals surface area contributed by atoms with Crippen LogP contribution in [0.2, 0.25) is 0 Å². The lowest BCUT2D eigenvalue weighted by molar-refractivity contribution is 0.420. The van der Waals surface area contributed by atoms with Gasteiger partial charge in [0.2, 0.25) is 0 Å². The van der Waals surface area contributed by atoms with E-state index in [9.17, 15) is 0 Å². The van der Waals surface area contributed by atoms with E-state index in [2.05, 4.69) is 12.3 Å². The van der Waals surface area contributed by atoms with Crippen molar-refractivity contribution in [3.63, 3.8) is 0 Å². The number of allylic oxidation sites excluding steroid dienone is 2. The predicted octanol–water partition coefficient (Wildman–Crippen LogP) is 1.56. The minimum Gasteiger partial charge on any atom is -0.314 e. The van der Waals surface area contributed by atoms with Crippen molar-refractivity contribution in [1.29, 1.82) is 0 Å². The second kappa shape index (κ2) is 2.70. The molecular formula is C9H14N2. The Bertz CT molecular complexity index is 216. The third kappa shape index (κ3) is 1.31. The molecule has 1 saturated carbocycles. The molecule has 1 fully saturated rings. The van der Waals surface area contributed by atoms with Gasteiger partial charge in [0.25, 0.3) is 0 Å². The summed E-state index contributed by atoms with van der Waals surface area (Å²) in [4.78, 5) is 0. The van der Waals surface area contributed by atoms with Crippen LogP contribution in [0.5, 0.6) is 0 Å². The Hall–Kier alpha value is -0.760. The van der Waals surface area contributed by atoms with E-state index < -0.39 is 0 Å². The maximum atomic E-state index is 5.65. The highest BCUT2D eigenvalue weighted by Crippen LogP contribution is 2.30. The molecule has 2 heteroatoms. The molecule has 1 heterocycles. The van der Waals surface area contributed by atoms with Gasteiger partial charge in [-0.25, -0.2) is 5.84 Å². The number of hydrazine groups is 1. The Morgan fingerprint density at radius 2 is 1.91 bits per heavy atom. The van der Waals surface area contributed by atoms with Gasteiger partial charge in [0.1, 0.15) is 0 Å². The molecule has 1 aliphatic carbocycles. The van der Waals surface area contributed by atoms with E-state index in [1.807, 2.05) is 0 Å². The van der Waals surface area contributed by atoms with Gasteiger partial charge in [-0.15, -0.1) is 0 Å². The lowest BCUT2D eigenvalue weighted by Crippen LogP contribution is -2.28. The van der Waals surface area contributed by atoms with Gasteiger partial charge < -0.3 is 5.01 Å². The molecule has 60 valence electrons. The van der Waals surface area contributed by atoms with Gasteiger partial charge >= 0.3 is 0 Å². The summed E-state index contributed by atoms with van der Waals surface area (Å²) in [5.74, 6) is 5.65. The van der Waals surface area contributed by atoms with Crippen molar-refractivity contribution >= 4 is 0 Å². The molecule has 2 aliphatic rings. The van der Waals surface area contributed by atoms with Crippen LogP contribution in [0.3, 0.4) is 0 Å². The molecule has 0 aromatic heterocycles. The Morgan fingerprint density at radius 3 is 2.73 bits per heavy atom. The van der Waals surface area contributed by atoms with Crippen molar-refractivity contribution < 1.29 is 0 Å². The number of nitrogens with zero attached hydrogens (tertiary/aromatic N) is 1. The molecule has 0 bridgehead atoms. The first kappa shape index (κ1) is 6.92. The van der Waals surface area contributed by atoms with E-state index in [-0.39, 0.29) is 0 Å². The van der Waals surface area contributed by atoms with E-state index in [4.69, 9.17) is 5.84 Å². The largest absolute Gasteiger partial charge is 0.314 e. The number of hydrogen-bond acceptors (Lipinski definition) is 2. The molecule has 2 rings (SSSR count). The Morgan fingerprint density at radius 1 is 1.18 bits per heavy atom. The van der Waals surface area contributed by atoms with Crippen LogP contribution >= 0.6 is 0 Å². The van der Waals surface area contributed by atoms with Crippen molar-refractivity contribution in [2.45, 2.75) is 25.7 Å². The maximum absolute atomic E-state index is 5.65. The number of nitrogens with two attached hydrogens (primary N) is 1. The summed E-state index contributed by atoms with van der Waals surface area (Å²) in [6, 6.07) is 0. The average Bonchev–Trinajstić information content (AvgIpc) is 2.04. The second-order valence-electron chi connectivity index (χ2n) is 3.29. The van der Waals surface area contributed by atoms with E-state index in [1.165, 1.54) is 36.8 Å². The van der Waals surface area contributed by atoms with Crippen LogP contribution in [0.25, 0.3) is 0 Å². The fourth-order valence-corrected chi connectivity index (χ4v) is 1.80. The summed E-state index contributed by atoms with van der Waals surface area (Å²) in [5, 5.41) is 1.77. The van der Waals surface area contributed by atoms with Crippen molar-refractivity contribution in [3.8, 4) is 0 Å². The zero-order chi connectivity index (χ0) is 7.68. The number of hydrogen-bond donors (Lipinski definition) is 1. The molecule has 0 aromatic rings. The van der Waals surface area contributed by atoms with Crippen LogP contribution in [-0.4, -0.2) is 11.6 Å². The predicted molar refractivity (Wildman–Crippen MR) is 45.5 cm³/mol. The van der Waals surface area contributed by atoms with E-state index >= 15 is 0 Å². The van der Waals surface area contributed by atoms with Crippen molar-refractivity contribution in [3.05, 3.63) is 23.4 Å². The van der Waals surface area contributed by atoms with Crippen LogP contribution in [-0.2, 0) is 0 Å². The summed E-state index contributed by atoms with van der Waals surface area (Å²) >= 11 is 0. The Labute approximate surface area is 67.3 Å². The fraction of sp³-hybridized carbons (Fsp3) is 0.556.